The quantitative estimate of drug-likeness (QED) is 0.487. The van der Waals surface area contributed by atoms with Crippen molar-refractivity contribution in [3.63, 3.8) is 0 Å². The van der Waals surface area contributed by atoms with Gasteiger partial charge in [0.15, 0.2) is 0 Å². The Kier molecular flexibility index (Phi) is 5.03. The lowest BCUT2D eigenvalue weighted by Crippen LogP contribution is -2.27. The molecule has 2 aromatic carbocycles. The molecule has 0 aliphatic carbocycles. The van der Waals surface area contributed by atoms with Crippen LogP contribution in [0.2, 0.25) is 10.2 Å². The van der Waals surface area contributed by atoms with E-state index in [1.54, 1.807) is 22.9 Å². The highest BCUT2D eigenvalue weighted by molar-refractivity contribution is 6.30. The summed E-state index contributed by atoms with van der Waals surface area (Å²) in [6.45, 7) is 2.26. The molecule has 4 aromatic rings. The normalized spacial score (nSPS) is 11.0. The number of aromatic nitrogens is 4. The number of hydrogen-bond donors (Lipinski definition) is 0. The monoisotopic (exact) mass is 410 g/mol. The van der Waals surface area contributed by atoms with Gasteiger partial charge < -0.3 is 4.57 Å². The molecule has 7 heteroatoms. The van der Waals surface area contributed by atoms with Crippen molar-refractivity contribution in [3.05, 3.63) is 98.6 Å². The van der Waals surface area contributed by atoms with E-state index < -0.39 is 0 Å². The highest BCUT2D eigenvalue weighted by Gasteiger charge is 2.17. The summed E-state index contributed by atoms with van der Waals surface area (Å²) in [5, 5.41) is 5.34. The second-order valence-corrected chi connectivity index (χ2v) is 7.22. The molecule has 0 fully saturated rings. The zero-order valence-corrected chi connectivity index (χ0v) is 16.5. The molecule has 0 bridgehead atoms. The molecule has 0 aliphatic rings. The van der Waals surface area contributed by atoms with Gasteiger partial charge in [0.05, 0.1) is 17.9 Å². The van der Waals surface area contributed by atoms with E-state index in [0.717, 1.165) is 22.5 Å². The van der Waals surface area contributed by atoms with E-state index in [1.165, 1.54) is 4.68 Å². The van der Waals surface area contributed by atoms with Crippen molar-refractivity contribution >= 4 is 23.2 Å². The van der Waals surface area contributed by atoms with Crippen LogP contribution in [-0.4, -0.2) is 19.3 Å². The van der Waals surface area contributed by atoms with Crippen LogP contribution in [0.15, 0.2) is 71.7 Å². The lowest BCUT2D eigenvalue weighted by molar-refractivity contribution is 0.715. The lowest BCUT2D eigenvalue weighted by Gasteiger charge is -2.11. The summed E-state index contributed by atoms with van der Waals surface area (Å²) >= 11 is 12.2. The van der Waals surface area contributed by atoms with Crippen molar-refractivity contribution in [1.29, 1.82) is 0 Å². The maximum Gasteiger partial charge on any atom is 0.296 e. The summed E-state index contributed by atoms with van der Waals surface area (Å²) in [5.41, 5.74) is 3.10. The highest BCUT2D eigenvalue weighted by atomic mass is 35.5. The Balaban J connectivity index is 1.84. The SMILES string of the molecule is Cc1cc(-c2ccc(Cl)cc2)n(-c2nc(Cl)cn(Cc3ccccc3)c2=O)n1. The van der Waals surface area contributed by atoms with E-state index in [-0.39, 0.29) is 16.5 Å². The van der Waals surface area contributed by atoms with Gasteiger partial charge in [-0.15, -0.1) is 0 Å². The van der Waals surface area contributed by atoms with Crippen LogP contribution in [0.25, 0.3) is 17.1 Å². The maximum absolute atomic E-state index is 13.1. The molecule has 4 rings (SSSR count). The molecule has 0 atom stereocenters. The highest BCUT2D eigenvalue weighted by Crippen LogP contribution is 2.24. The molecule has 28 heavy (non-hydrogen) atoms. The van der Waals surface area contributed by atoms with Gasteiger partial charge in [-0.25, -0.2) is 9.67 Å². The molecule has 2 heterocycles. The van der Waals surface area contributed by atoms with E-state index in [2.05, 4.69) is 10.1 Å². The summed E-state index contributed by atoms with van der Waals surface area (Å²) in [7, 11) is 0. The molecule has 0 radical (unpaired) electrons. The molecule has 5 nitrogen and oxygen atoms in total. The molecule has 0 saturated heterocycles. The zero-order valence-electron chi connectivity index (χ0n) is 15.0. The molecule has 140 valence electrons. The maximum atomic E-state index is 13.1. The lowest BCUT2D eigenvalue weighted by atomic mass is 10.1. The second kappa shape index (κ2) is 7.62. The summed E-state index contributed by atoms with van der Waals surface area (Å²) < 4.78 is 3.08. The van der Waals surface area contributed by atoms with Gasteiger partial charge in [0.25, 0.3) is 5.56 Å². The van der Waals surface area contributed by atoms with E-state index in [0.29, 0.717) is 11.6 Å². The first-order chi connectivity index (χ1) is 13.5. The summed E-state index contributed by atoms with van der Waals surface area (Å²) in [5.74, 6) is 0.154. The number of nitrogens with zero attached hydrogens (tertiary/aromatic N) is 4. The van der Waals surface area contributed by atoms with E-state index >= 15 is 0 Å². The average molecular weight is 411 g/mol. The molecule has 0 unspecified atom stereocenters. The Labute approximate surface area is 171 Å². The third-order valence-electron chi connectivity index (χ3n) is 4.30. The van der Waals surface area contributed by atoms with Crippen LogP contribution in [0, 0.1) is 6.92 Å². The number of benzene rings is 2. The fourth-order valence-electron chi connectivity index (χ4n) is 3.02. The molecule has 2 aromatic heterocycles. The van der Waals surface area contributed by atoms with Crippen LogP contribution in [0.5, 0.6) is 0 Å². The molecule has 0 N–H and O–H groups in total. The number of halogens is 2. The standard InChI is InChI=1S/C21H16Cl2N4O/c1-14-11-18(16-7-9-17(22)10-8-16)27(25-14)20-21(28)26(13-19(23)24-20)12-15-5-3-2-4-6-15/h2-11,13H,12H2,1H3. The van der Waals surface area contributed by atoms with Crippen LogP contribution < -0.4 is 5.56 Å². The summed E-state index contributed by atoms with van der Waals surface area (Å²) in [6.07, 6.45) is 1.54. The van der Waals surface area contributed by atoms with Gasteiger partial charge in [0.1, 0.15) is 5.15 Å². The first-order valence-electron chi connectivity index (χ1n) is 8.65. The van der Waals surface area contributed by atoms with Gasteiger partial charge in [-0.2, -0.15) is 5.10 Å². The molecule has 0 spiro atoms. The second-order valence-electron chi connectivity index (χ2n) is 6.40. The first-order valence-corrected chi connectivity index (χ1v) is 9.41. The van der Waals surface area contributed by atoms with E-state index in [4.69, 9.17) is 23.2 Å². The van der Waals surface area contributed by atoms with Gasteiger partial charge >= 0.3 is 0 Å². The van der Waals surface area contributed by atoms with Crippen molar-refractivity contribution in [2.75, 3.05) is 0 Å². The van der Waals surface area contributed by atoms with Crippen LogP contribution in [0.1, 0.15) is 11.3 Å². The van der Waals surface area contributed by atoms with Gasteiger partial charge in [0, 0.05) is 16.8 Å². The molecule has 0 saturated carbocycles. The predicted octanol–water partition coefficient (Wildman–Crippen LogP) is 4.76. The average Bonchev–Trinajstić information content (AvgIpc) is 3.07. The van der Waals surface area contributed by atoms with Gasteiger partial charge in [-0.1, -0.05) is 65.7 Å². The van der Waals surface area contributed by atoms with Crippen molar-refractivity contribution in [2.24, 2.45) is 0 Å². The van der Waals surface area contributed by atoms with Crippen LogP contribution >= 0.6 is 23.2 Å². The molecular weight excluding hydrogens is 395 g/mol. The summed E-state index contributed by atoms with van der Waals surface area (Å²) in [4.78, 5) is 17.4. The minimum absolute atomic E-state index is 0.154. The van der Waals surface area contributed by atoms with Crippen molar-refractivity contribution in [1.82, 2.24) is 19.3 Å². The van der Waals surface area contributed by atoms with Crippen molar-refractivity contribution in [2.45, 2.75) is 13.5 Å². The third kappa shape index (κ3) is 3.72. The molecule has 0 aliphatic heterocycles. The van der Waals surface area contributed by atoms with Gasteiger partial charge in [-0.3, -0.25) is 4.79 Å². The minimum atomic E-state index is -0.272. The molecular formula is C21H16Cl2N4O. The van der Waals surface area contributed by atoms with E-state index in [1.807, 2.05) is 55.5 Å². The fraction of sp³-hybridized carbons (Fsp3) is 0.0952. The smallest absolute Gasteiger partial charge is 0.296 e. The summed E-state index contributed by atoms with van der Waals surface area (Å²) in [6, 6.07) is 18.9. The van der Waals surface area contributed by atoms with Crippen LogP contribution in [-0.2, 0) is 6.54 Å². The minimum Gasteiger partial charge on any atom is -0.305 e. The largest absolute Gasteiger partial charge is 0.305 e. The zero-order chi connectivity index (χ0) is 19.7. The number of aryl methyl sites for hydroxylation is 1. The fourth-order valence-corrected chi connectivity index (χ4v) is 3.34. The van der Waals surface area contributed by atoms with Crippen LogP contribution in [0.3, 0.4) is 0 Å². The Morgan fingerprint density at radius 2 is 1.71 bits per heavy atom. The first kappa shape index (κ1) is 18.5. The van der Waals surface area contributed by atoms with Crippen molar-refractivity contribution in [3.8, 4) is 17.1 Å². The third-order valence-corrected chi connectivity index (χ3v) is 4.73. The van der Waals surface area contributed by atoms with Gasteiger partial charge in [0.2, 0.25) is 5.82 Å². The van der Waals surface area contributed by atoms with Crippen molar-refractivity contribution < 1.29 is 0 Å². The van der Waals surface area contributed by atoms with Gasteiger partial charge in [-0.05, 0) is 30.7 Å². The Hall–Kier alpha value is -2.89. The topological polar surface area (TPSA) is 52.7 Å². The Bertz CT molecular complexity index is 1180. The molecule has 0 amide bonds. The van der Waals surface area contributed by atoms with Crippen LogP contribution in [0.4, 0.5) is 0 Å². The number of rotatable bonds is 4. The van der Waals surface area contributed by atoms with E-state index in [9.17, 15) is 4.79 Å². The Morgan fingerprint density at radius 3 is 2.43 bits per heavy atom. The predicted molar refractivity (Wildman–Crippen MR) is 111 cm³/mol. The number of hydrogen-bond acceptors (Lipinski definition) is 3. The Morgan fingerprint density at radius 1 is 1.00 bits per heavy atom.